The summed E-state index contributed by atoms with van der Waals surface area (Å²) in [7, 11) is 0. The molecule has 33 heavy (non-hydrogen) atoms. The lowest BCUT2D eigenvalue weighted by molar-refractivity contribution is -0.160. The second kappa shape index (κ2) is 8.07. The zero-order valence-electron chi connectivity index (χ0n) is 18.8. The number of benzene rings is 2. The van der Waals surface area contributed by atoms with Gasteiger partial charge in [0, 0.05) is 12.0 Å². The van der Waals surface area contributed by atoms with Crippen molar-refractivity contribution in [2.45, 2.75) is 56.0 Å². The maximum absolute atomic E-state index is 13.6. The third-order valence-corrected chi connectivity index (χ3v) is 6.93. The lowest BCUT2D eigenvalue weighted by Gasteiger charge is -2.76. The van der Waals surface area contributed by atoms with Crippen molar-refractivity contribution in [3.8, 4) is 18.1 Å². The number of ether oxygens (including phenoxy) is 1. The second-order valence-electron chi connectivity index (χ2n) is 9.98. The Hall–Kier alpha value is -3.04. The van der Waals surface area contributed by atoms with Crippen molar-refractivity contribution >= 4 is 23.4 Å². The van der Waals surface area contributed by atoms with Crippen molar-refractivity contribution in [2.24, 2.45) is 0 Å². The average Bonchev–Trinajstić information content (AvgIpc) is 2.72. The molecule has 0 spiro atoms. The van der Waals surface area contributed by atoms with E-state index in [1.165, 1.54) is 17.7 Å². The SMILES string of the molecule is C#CC(=O)NC12CC(NC(=O)COc3ccc(Cl)c(F)c3)(C1)C2c1ccc(C(C)(C)C)cc1. The fourth-order valence-corrected chi connectivity index (χ4v) is 5.29. The number of carbonyl (C=O) groups is 2. The standard InChI is InChI=1S/C26H26ClFN2O3/c1-5-21(31)29-25-14-26(15-25,23(25)16-6-8-17(9-7-16)24(2,3)4)30-22(32)13-33-18-10-11-19(27)20(28)12-18/h1,6-12,23H,13-15H2,2-4H3,(H,29,31)(H,30,32). The van der Waals surface area contributed by atoms with E-state index in [2.05, 4.69) is 49.5 Å². The Morgan fingerprint density at radius 2 is 1.79 bits per heavy atom. The molecule has 0 aliphatic heterocycles. The Balaban J connectivity index is 1.48. The van der Waals surface area contributed by atoms with Crippen LogP contribution in [0, 0.1) is 18.2 Å². The molecule has 7 heteroatoms. The molecule has 0 heterocycles. The zero-order chi connectivity index (χ0) is 24.0. The summed E-state index contributed by atoms with van der Waals surface area (Å²) in [6, 6.07) is 12.3. The smallest absolute Gasteiger partial charge is 0.296 e. The molecule has 3 saturated carbocycles. The fraction of sp³-hybridized carbons (Fsp3) is 0.385. The molecule has 5 rings (SSSR count). The van der Waals surface area contributed by atoms with Crippen LogP contribution in [-0.4, -0.2) is 29.5 Å². The van der Waals surface area contributed by atoms with Gasteiger partial charge >= 0.3 is 0 Å². The molecule has 2 bridgehead atoms. The third kappa shape index (κ3) is 4.18. The van der Waals surface area contributed by atoms with E-state index in [4.69, 9.17) is 22.8 Å². The summed E-state index contributed by atoms with van der Waals surface area (Å²) in [5, 5.41) is 6.02. The molecule has 2 N–H and O–H groups in total. The summed E-state index contributed by atoms with van der Waals surface area (Å²) in [4.78, 5) is 24.6. The van der Waals surface area contributed by atoms with E-state index in [1.54, 1.807) is 0 Å². The number of rotatable bonds is 6. The molecule has 2 aromatic rings. The first-order chi connectivity index (χ1) is 15.5. The first kappa shape index (κ1) is 23.1. The van der Waals surface area contributed by atoms with Crippen molar-refractivity contribution in [2.75, 3.05) is 6.61 Å². The maximum atomic E-state index is 13.6. The van der Waals surface area contributed by atoms with Gasteiger partial charge in [-0.3, -0.25) is 9.59 Å². The Bertz CT molecular complexity index is 1140. The molecule has 3 aliphatic carbocycles. The molecule has 3 fully saturated rings. The zero-order valence-corrected chi connectivity index (χ0v) is 19.6. The van der Waals surface area contributed by atoms with Crippen molar-refractivity contribution in [3.63, 3.8) is 0 Å². The third-order valence-electron chi connectivity index (χ3n) is 6.62. The summed E-state index contributed by atoms with van der Waals surface area (Å²) in [5.41, 5.74) is 1.28. The summed E-state index contributed by atoms with van der Waals surface area (Å²) in [5.74, 6) is 0.841. The fourth-order valence-electron chi connectivity index (χ4n) is 5.18. The van der Waals surface area contributed by atoms with E-state index < -0.39 is 22.8 Å². The number of halogens is 2. The van der Waals surface area contributed by atoms with E-state index in [0.717, 1.165) is 11.6 Å². The Morgan fingerprint density at radius 1 is 1.15 bits per heavy atom. The molecule has 1 unspecified atom stereocenters. The maximum Gasteiger partial charge on any atom is 0.296 e. The summed E-state index contributed by atoms with van der Waals surface area (Å²) in [6.45, 7) is 6.17. The van der Waals surface area contributed by atoms with E-state index in [0.29, 0.717) is 12.8 Å². The molecule has 172 valence electrons. The van der Waals surface area contributed by atoms with Crippen molar-refractivity contribution < 1.29 is 18.7 Å². The van der Waals surface area contributed by atoms with Crippen LogP contribution in [0.3, 0.4) is 0 Å². The number of nitrogens with one attached hydrogen (secondary N) is 2. The predicted octanol–water partition coefficient (Wildman–Crippen LogP) is 4.09. The number of amides is 2. The molecular formula is C26H26ClFN2O3. The normalized spacial score (nSPS) is 25.2. The Labute approximate surface area is 198 Å². The number of carbonyl (C=O) groups excluding carboxylic acids is 2. The minimum atomic E-state index is -0.612. The summed E-state index contributed by atoms with van der Waals surface area (Å²) >= 11 is 5.68. The van der Waals surface area contributed by atoms with Crippen LogP contribution in [0.2, 0.25) is 5.02 Å². The van der Waals surface area contributed by atoms with Gasteiger partial charge in [0.15, 0.2) is 6.61 Å². The molecule has 1 atom stereocenters. The largest absolute Gasteiger partial charge is 0.484 e. The molecule has 2 aromatic carbocycles. The minimum Gasteiger partial charge on any atom is -0.484 e. The van der Waals surface area contributed by atoms with E-state index in [-0.39, 0.29) is 34.6 Å². The molecular weight excluding hydrogens is 443 g/mol. The molecule has 0 saturated heterocycles. The van der Waals surface area contributed by atoms with Crippen molar-refractivity contribution in [1.29, 1.82) is 0 Å². The van der Waals surface area contributed by atoms with Crippen LogP contribution in [0.4, 0.5) is 4.39 Å². The number of terminal acetylenes is 1. The van der Waals surface area contributed by atoms with E-state index in [9.17, 15) is 14.0 Å². The van der Waals surface area contributed by atoms with E-state index in [1.807, 2.05) is 12.1 Å². The highest BCUT2D eigenvalue weighted by Gasteiger charge is 2.77. The van der Waals surface area contributed by atoms with Crippen LogP contribution in [0.15, 0.2) is 42.5 Å². The molecule has 5 nitrogen and oxygen atoms in total. The van der Waals surface area contributed by atoms with Gasteiger partial charge in [0.05, 0.1) is 16.1 Å². The molecule has 0 radical (unpaired) electrons. The van der Waals surface area contributed by atoms with E-state index >= 15 is 0 Å². The first-order valence-electron chi connectivity index (χ1n) is 10.8. The quantitative estimate of drug-likeness (QED) is 0.627. The monoisotopic (exact) mass is 468 g/mol. The van der Waals surface area contributed by atoms with Crippen LogP contribution in [-0.2, 0) is 15.0 Å². The van der Waals surface area contributed by atoms with Gasteiger partial charge < -0.3 is 15.4 Å². The topological polar surface area (TPSA) is 67.4 Å². The Morgan fingerprint density at radius 3 is 2.36 bits per heavy atom. The minimum absolute atomic E-state index is 0.0136. The average molecular weight is 469 g/mol. The van der Waals surface area contributed by atoms with Crippen LogP contribution in [0.5, 0.6) is 5.75 Å². The van der Waals surface area contributed by atoms with Gasteiger partial charge in [0.1, 0.15) is 11.6 Å². The predicted molar refractivity (Wildman–Crippen MR) is 125 cm³/mol. The van der Waals surface area contributed by atoms with Crippen LogP contribution in [0.1, 0.15) is 50.7 Å². The van der Waals surface area contributed by atoms with Crippen molar-refractivity contribution in [3.05, 3.63) is 64.4 Å². The first-order valence-corrected chi connectivity index (χ1v) is 11.1. The van der Waals surface area contributed by atoms with Gasteiger partial charge in [-0.1, -0.05) is 56.6 Å². The van der Waals surface area contributed by atoms with Gasteiger partial charge in [-0.05, 0) is 47.4 Å². The highest BCUT2D eigenvalue weighted by Crippen LogP contribution is 2.69. The molecule has 3 aliphatic rings. The highest BCUT2D eigenvalue weighted by atomic mass is 35.5. The second-order valence-corrected chi connectivity index (χ2v) is 10.4. The number of hydrogen-bond acceptors (Lipinski definition) is 3. The lowest BCUT2D eigenvalue weighted by Crippen LogP contribution is -2.88. The molecule has 2 amide bonds. The van der Waals surface area contributed by atoms with Crippen molar-refractivity contribution in [1.82, 2.24) is 10.6 Å². The summed E-state index contributed by atoms with van der Waals surface area (Å²) < 4.78 is 19.0. The molecule has 0 aromatic heterocycles. The van der Waals surface area contributed by atoms with Crippen LogP contribution in [0.25, 0.3) is 0 Å². The lowest BCUT2D eigenvalue weighted by atomic mass is 9.35. The Kier molecular flexibility index (Phi) is 5.66. The van der Waals surface area contributed by atoms with Crippen LogP contribution < -0.4 is 15.4 Å². The van der Waals surface area contributed by atoms with Crippen LogP contribution >= 0.6 is 11.6 Å². The highest BCUT2D eigenvalue weighted by molar-refractivity contribution is 6.30. The number of hydrogen-bond donors (Lipinski definition) is 2. The van der Waals surface area contributed by atoms with Gasteiger partial charge in [-0.15, -0.1) is 6.42 Å². The summed E-state index contributed by atoms with van der Waals surface area (Å²) in [6.07, 6.45) is 6.44. The van der Waals surface area contributed by atoms with Gasteiger partial charge in [-0.2, -0.15) is 0 Å². The van der Waals surface area contributed by atoms with Gasteiger partial charge in [0.2, 0.25) is 0 Å². The van der Waals surface area contributed by atoms with Gasteiger partial charge in [-0.25, -0.2) is 4.39 Å². The van der Waals surface area contributed by atoms with Gasteiger partial charge in [0.25, 0.3) is 11.8 Å².